The molecule has 2 aromatic carbocycles. The van der Waals surface area contributed by atoms with E-state index in [1.807, 2.05) is 0 Å². The summed E-state index contributed by atoms with van der Waals surface area (Å²) >= 11 is 0. The number of nitrogens with one attached hydrogen (secondary N) is 2. The summed E-state index contributed by atoms with van der Waals surface area (Å²) in [7, 11) is 0. The third-order valence-corrected chi connectivity index (χ3v) is 5.35. The minimum absolute atomic E-state index is 0.144. The highest BCUT2D eigenvalue weighted by molar-refractivity contribution is 5.91. The first-order valence-electron chi connectivity index (χ1n) is 10.5. The molecule has 2 amide bonds. The van der Waals surface area contributed by atoms with E-state index in [2.05, 4.69) is 27.4 Å². The van der Waals surface area contributed by atoms with Crippen molar-refractivity contribution in [1.82, 2.24) is 9.80 Å². The van der Waals surface area contributed by atoms with Crippen LogP contribution in [-0.4, -0.2) is 60.4 Å². The highest BCUT2D eigenvalue weighted by Gasteiger charge is 2.24. The van der Waals surface area contributed by atoms with Crippen molar-refractivity contribution in [2.24, 2.45) is 0 Å². The van der Waals surface area contributed by atoms with Crippen LogP contribution in [0.1, 0.15) is 19.8 Å². The van der Waals surface area contributed by atoms with Crippen molar-refractivity contribution >= 4 is 23.2 Å². The summed E-state index contributed by atoms with van der Waals surface area (Å²) in [6, 6.07) is 12.0. The van der Waals surface area contributed by atoms with Gasteiger partial charge in [0.25, 0.3) is 0 Å². The molecule has 1 unspecified atom stereocenters. The summed E-state index contributed by atoms with van der Waals surface area (Å²) in [4.78, 5) is 28.7. The Balaban J connectivity index is 1.36. The Morgan fingerprint density at radius 3 is 1.97 bits per heavy atom. The van der Waals surface area contributed by atoms with Gasteiger partial charge in [0.15, 0.2) is 0 Å². The topological polar surface area (TPSA) is 64.7 Å². The Hall–Kier alpha value is -2.84. The molecule has 8 heteroatoms. The first-order valence-corrected chi connectivity index (χ1v) is 10.5. The maximum atomic E-state index is 13.2. The second-order valence-corrected chi connectivity index (χ2v) is 7.80. The Morgan fingerprint density at radius 1 is 0.903 bits per heavy atom. The van der Waals surface area contributed by atoms with Crippen LogP contribution < -0.4 is 10.6 Å². The lowest BCUT2D eigenvalue weighted by Gasteiger charge is -2.39. The Kier molecular flexibility index (Phi) is 8.08. The molecule has 0 spiro atoms. The summed E-state index contributed by atoms with van der Waals surface area (Å²) in [5.74, 6) is -1.05. The first-order chi connectivity index (χ1) is 14.9. The van der Waals surface area contributed by atoms with E-state index in [1.54, 1.807) is 24.3 Å². The second-order valence-electron chi connectivity index (χ2n) is 7.80. The van der Waals surface area contributed by atoms with Gasteiger partial charge in [-0.05, 0) is 43.3 Å². The zero-order valence-corrected chi connectivity index (χ0v) is 17.6. The monoisotopic (exact) mass is 430 g/mol. The smallest absolute Gasteiger partial charge is 0.225 e. The van der Waals surface area contributed by atoms with E-state index in [9.17, 15) is 18.4 Å². The van der Waals surface area contributed by atoms with Crippen LogP contribution in [0.5, 0.6) is 0 Å². The molecule has 2 N–H and O–H groups in total. The Bertz CT molecular complexity index is 909. The number of rotatable bonds is 8. The van der Waals surface area contributed by atoms with Gasteiger partial charge >= 0.3 is 0 Å². The van der Waals surface area contributed by atoms with E-state index in [0.29, 0.717) is 37.3 Å². The van der Waals surface area contributed by atoms with Gasteiger partial charge in [-0.3, -0.25) is 14.5 Å². The van der Waals surface area contributed by atoms with Crippen LogP contribution in [0.3, 0.4) is 0 Å². The molecule has 2 aromatic rings. The first kappa shape index (κ1) is 22.8. The fourth-order valence-electron chi connectivity index (χ4n) is 3.69. The molecule has 3 rings (SSSR count). The molecule has 0 aliphatic carbocycles. The summed E-state index contributed by atoms with van der Waals surface area (Å²) in [6.45, 7) is 5.76. The normalized spacial score (nSPS) is 17.3. The number of benzene rings is 2. The fraction of sp³-hybridized carbons (Fsp3) is 0.391. The lowest BCUT2D eigenvalue weighted by molar-refractivity contribution is -0.118. The highest BCUT2D eigenvalue weighted by Crippen LogP contribution is 2.13. The molecule has 0 radical (unpaired) electrons. The molecule has 1 atom stereocenters. The van der Waals surface area contributed by atoms with Crippen molar-refractivity contribution in [1.29, 1.82) is 0 Å². The fourth-order valence-corrected chi connectivity index (χ4v) is 3.69. The van der Waals surface area contributed by atoms with E-state index < -0.39 is 0 Å². The third kappa shape index (κ3) is 7.41. The van der Waals surface area contributed by atoms with Crippen molar-refractivity contribution in [2.45, 2.75) is 25.8 Å². The molecule has 1 saturated heterocycles. The summed E-state index contributed by atoms with van der Waals surface area (Å²) in [6.07, 6.45) is 0.663. The number of hydrogen-bond donors (Lipinski definition) is 2. The minimum Gasteiger partial charge on any atom is -0.326 e. The number of nitrogens with zero attached hydrogens (tertiary/aromatic N) is 2. The zero-order valence-electron chi connectivity index (χ0n) is 17.6. The average Bonchev–Trinajstić information content (AvgIpc) is 2.71. The van der Waals surface area contributed by atoms with E-state index in [4.69, 9.17) is 0 Å². The van der Waals surface area contributed by atoms with Gasteiger partial charge in [-0.25, -0.2) is 8.78 Å². The van der Waals surface area contributed by atoms with Gasteiger partial charge in [-0.2, -0.15) is 0 Å². The van der Waals surface area contributed by atoms with Crippen LogP contribution in [-0.2, 0) is 9.59 Å². The number of carbonyl (C=O) groups is 2. The van der Waals surface area contributed by atoms with Crippen LogP contribution in [0.25, 0.3) is 0 Å². The maximum Gasteiger partial charge on any atom is 0.225 e. The zero-order chi connectivity index (χ0) is 22.2. The second kappa shape index (κ2) is 11.0. The standard InChI is InChI=1S/C23H28F2N4O2/c1-17-16-28(10-8-22(30)26-20-6-2-4-18(24)14-20)12-13-29(17)11-9-23(31)27-21-7-3-5-19(25)15-21/h2-7,14-15,17H,8-13,16H2,1H3,(H,26,30)(H,27,31). The van der Waals surface area contributed by atoms with E-state index in [1.165, 1.54) is 24.3 Å². The number of amides is 2. The molecular formula is C23H28F2N4O2. The number of carbonyl (C=O) groups excluding carboxylic acids is 2. The number of anilines is 2. The van der Waals surface area contributed by atoms with Crippen LogP contribution in [0.15, 0.2) is 48.5 Å². The predicted octanol–water partition coefficient (Wildman–Crippen LogP) is 3.33. The average molecular weight is 430 g/mol. The van der Waals surface area contributed by atoms with Gasteiger partial charge in [0.1, 0.15) is 11.6 Å². The molecule has 6 nitrogen and oxygen atoms in total. The van der Waals surface area contributed by atoms with Gasteiger partial charge in [0.2, 0.25) is 11.8 Å². The van der Waals surface area contributed by atoms with E-state index >= 15 is 0 Å². The summed E-state index contributed by atoms with van der Waals surface area (Å²) in [5, 5.41) is 5.43. The summed E-state index contributed by atoms with van der Waals surface area (Å²) < 4.78 is 26.4. The van der Waals surface area contributed by atoms with Crippen LogP contribution >= 0.6 is 0 Å². The SMILES string of the molecule is CC1CN(CCC(=O)Nc2cccc(F)c2)CCN1CCC(=O)Nc1cccc(F)c1. The van der Waals surface area contributed by atoms with Crippen LogP contribution in [0.2, 0.25) is 0 Å². The molecule has 0 aromatic heterocycles. The van der Waals surface area contributed by atoms with E-state index in [0.717, 1.165) is 19.6 Å². The van der Waals surface area contributed by atoms with Crippen LogP contribution in [0.4, 0.5) is 20.2 Å². The van der Waals surface area contributed by atoms with Gasteiger partial charge in [0.05, 0.1) is 0 Å². The van der Waals surface area contributed by atoms with Gasteiger partial charge in [0, 0.05) is 63.0 Å². The van der Waals surface area contributed by atoms with Gasteiger partial charge in [-0.15, -0.1) is 0 Å². The molecule has 0 saturated carbocycles. The molecular weight excluding hydrogens is 402 g/mol. The predicted molar refractivity (Wildman–Crippen MR) is 117 cm³/mol. The van der Waals surface area contributed by atoms with Crippen LogP contribution in [0, 0.1) is 11.6 Å². The lowest BCUT2D eigenvalue weighted by Crippen LogP contribution is -2.52. The maximum absolute atomic E-state index is 13.2. The Morgan fingerprint density at radius 2 is 1.45 bits per heavy atom. The van der Waals surface area contributed by atoms with Crippen molar-refractivity contribution < 1.29 is 18.4 Å². The van der Waals surface area contributed by atoms with Crippen molar-refractivity contribution in [2.75, 3.05) is 43.4 Å². The van der Waals surface area contributed by atoms with Crippen molar-refractivity contribution in [3.63, 3.8) is 0 Å². The van der Waals surface area contributed by atoms with Gasteiger partial charge < -0.3 is 15.5 Å². The minimum atomic E-state index is -0.382. The molecule has 1 aliphatic rings. The number of halogens is 2. The molecule has 0 bridgehead atoms. The number of hydrogen-bond acceptors (Lipinski definition) is 4. The Labute approximate surface area is 181 Å². The quantitative estimate of drug-likeness (QED) is 0.674. The third-order valence-electron chi connectivity index (χ3n) is 5.35. The molecule has 1 heterocycles. The molecule has 31 heavy (non-hydrogen) atoms. The van der Waals surface area contributed by atoms with Crippen molar-refractivity contribution in [3.8, 4) is 0 Å². The van der Waals surface area contributed by atoms with E-state index in [-0.39, 0.29) is 29.5 Å². The highest BCUT2D eigenvalue weighted by atomic mass is 19.1. The molecule has 166 valence electrons. The van der Waals surface area contributed by atoms with Gasteiger partial charge in [-0.1, -0.05) is 12.1 Å². The molecule has 1 fully saturated rings. The molecule has 1 aliphatic heterocycles. The van der Waals surface area contributed by atoms with Crippen molar-refractivity contribution in [3.05, 3.63) is 60.2 Å². The lowest BCUT2D eigenvalue weighted by atomic mass is 10.1. The number of piperazine rings is 1. The summed E-state index contributed by atoms with van der Waals surface area (Å²) in [5.41, 5.74) is 0.916. The largest absolute Gasteiger partial charge is 0.326 e.